The molecule has 122 valence electrons. The Kier molecular flexibility index (Phi) is 4.00. The molecule has 0 aromatic carbocycles. The van der Waals surface area contributed by atoms with Gasteiger partial charge in [0.2, 0.25) is 0 Å². The van der Waals surface area contributed by atoms with Crippen LogP contribution in [0.5, 0.6) is 0 Å². The molecular formula is C18H18N4OS. The van der Waals surface area contributed by atoms with Gasteiger partial charge in [-0.1, -0.05) is 12.1 Å². The molecule has 0 fully saturated rings. The van der Waals surface area contributed by atoms with Crippen molar-refractivity contribution in [2.75, 3.05) is 6.54 Å². The third-order valence-corrected chi connectivity index (χ3v) is 5.27. The van der Waals surface area contributed by atoms with E-state index in [1.54, 1.807) is 11.3 Å². The Morgan fingerprint density at radius 2 is 2.25 bits per heavy atom. The smallest absolute Gasteiger partial charge is 0.254 e. The lowest BCUT2D eigenvalue weighted by molar-refractivity contribution is 0.237. The molecule has 6 heteroatoms. The fourth-order valence-corrected chi connectivity index (χ4v) is 3.72. The van der Waals surface area contributed by atoms with Crippen LogP contribution >= 0.6 is 11.3 Å². The first-order chi connectivity index (χ1) is 11.7. The summed E-state index contributed by atoms with van der Waals surface area (Å²) in [7, 11) is 0. The summed E-state index contributed by atoms with van der Waals surface area (Å²) in [5.74, 6) is 0.671. The van der Waals surface area contributed by atoms with Crippen LogP contribution in [0.2, 0.25) is 0 Å². The SMILES string of the molecule is Cc1cccnc1CN1CCc2c(nc(-c3cccs3)[nH]c2=O)C1. The second-order valence-electron chi connectivity index (χ2n) is 6.04. The lowest BCUT2D eigenvalue weighted by Gasteiger charge is -2.27. The summed E-state index contributed by atoms with van der Waals surface area (Å²) in [6, 6.07) is 7.99. The number of aromatic amines is 1. The predicted octanol–water partition coefficient (Wildman–Crippen LogP) is 2.76. The van der Waals surface area contributed by atoms with Crippen molar-refractivity contribution < 1.29 is 0 Å². The maximum Gasteiger partial charge on any atom is 0.254 e. The van der Waals surface area contributed by atoms with Gasteiger partial charge in [-0.05, 0) is 36.4 Å². The van der Waals surface area contributed by atoms with E-state index in [0.717, 1.165) is 41.3 Å². The van der Waals surface area contributed by atoms with Crippen molar-refractivity contribution in [3.8, 4) is 10.7 Å². The van der Waals surface area contributed by atoms with Gasteiger partial charge in [-0.3, -0.25) is 14.7 Å². The average molecular weight is 338 g/mol. The number of H-pyrrole nitrogens is 1. The highest BCUT2D eigenvalue weighted by molar-refractivity contribution is 7.13. The zero-order chi connectivity index (χ0) is 16.5. The van der Waals surface area contributed by atoms with Crippen LogP contribution in [0.25, 0.3) is 10.7 Å². The highest BCUT2D eigenvalue weighted by Crippen LogP contribution is 2.23. The normalized spacial score (nSPS) is 14.5. The monoisotopic (exact) mass is 338 g/mol. The van der Waals surface area contributed by atoms with Crippen molar-refractivity contribution in [1.82, 2.24) is 19.9 Å². The van der Waals surface area contributed by atoms with Gasteiger partial charge in [-0.25, -0.2) is 4.98 Å². The van der Waals surface area contributed by atoms with Crippen LogP contribution in [0.3, 0.4) is 0 Å². The molecule has 1 aliphatic rings. The first-order valence-electron chi connectivity index (χ1n) is 7.99. The summed E-state index contributed by atoms with van der Waals surface area (Å²) < 4.78 is 0. The number of hydrogen-bond donors (Lipinski definition) is 1. The van der Waals surface area contributed by atoms with Gasteiger partial charge in [-0.15, -0.1) is 11.3 Å². The molecule has 24 heavy (non-hydrogen) atoms. The van der Waals surface area contributed by atoms with Gasteiger partial charge in [0.15, 0.2) is 5.82 Å². The van der Waals surface area contributed by atoms with Crippen LogP contribution < -0.4 is 5.56 Å². The van der Waals surface area contributed by atoms with Crippen LogP contribution in [-0.4, -0.2) is 26.4 Å². The van der Waals surface area contributed by atoms with Gasteiger partial charge >= 0.3 is 0 Å². The van der Waals surface area contributed by atoms with Crippen molar-refractivity contribution in [3.05, 3.63) is 68.7 Å². The Bertz CT molecular complexity index is 917. The van der Waals surface area contributed by atoms with Crippen molar-refractivity contribution in [2.45, 2.75) is 26.4 Å². The van der Waals surface area contributed by atoms with Crippen molar-refractivity contribution in [2.24, 2.45) is 0 Å². The fourth-order valence-electron chi connectivity index (χ4n) is 3.05. The van der Waals surface area contributed by atoms with E-state index in [2.05, 4.69) is 27.9 Å². The minimum Gasteiger partial charge on any atom is -0.306 e. The van der Waals surface area contributed by atoms with Crippen LogP contribution in [0.1, 0.15) is 22.5 Å². The highest BCUT2D eigenvalue weighted by atomic mass is 32.1. The molecule has 0 unspecified atom stereocenters. The molecule has 0 amide bonds. The van der Waals surface area contributed by atoms with Gasteiger partial charge in [0.05, 0.1) is 16.3 Å². The lowest BCUT2D eigenvalue weighted by atomic mass is 10.1. The number of rotatable bonds is 3. The summed E-state index contributed by atoms with van der Waals surface area (Å²) in [5, 5.41) is 1.99. The molecule has 0 radical (unpaired) electrons. The third-order valence-electron chi connectivity index (χ3n) is 4.40. The largest absolute Gasteiger partial charge is 0.306 e. The maximum absolute atomic E-state index is 12.4. The molecule has 1 N–H and O–H groups in total. The fraction of sp³-hybridized carbons (Fsp3) is 0.278. The molecule has 0 saturated heterocycles. The first-order valence-corrected chi connectivity index (χ1v) is 8.87. The number of aromatic nitrogens is 3. The Balaban J connectivity index is 1.62. The average Bonchev–Trinajstić information content (AvgIpc) is 3.11. The first kappa shape index (κ1) is 15.2. The molecule has 0 aliphatic carbocycles. The number of aryl methyl sites for hydroxylation is 1. The molecule has 0 saturated carbocycles. The summed E-state index contributed by atoms with van der Waals surface area (Å²) in [6.45, 7) is 4.41. The Hall–Kier alpha value is -2.31. The lowest BCUT2D eigenvalue weighted by Crippen LogP contribution is -2.35. The molecule has 5 nitrogen and oxygen atoms in total. The summed E-state index contributed by atoms with van der Waals surface area (Å²) in [6.07, 6.45) is 2.56. The molecule has 4 rings (SSSR count). The van der Waals surface area contributed by atoms with E-state index in [0.29, 0.717) is 12.4 Å². The van der Waals surface area contributed by atoms with Gasteiger partial charge in [0, 0.05) is 31.4 Å². The van der Waals surface area contributed by atoms with E-state index in [-0.39, 0.29) is 5.56 Å². The van der Waals surface area contributed by atoms with Crippen molar-refractivity contribution in [3.63, 3.8) is 0 Å². The number of nitrogens with zero attached hydrogens (tertiary/aromatic N) is 3. The minimum atomic E-state index is -0.00272. The topological polar surface area (TPSA) is 61.9 Å². The summed E-state index contributed by atoms with van der Waals surface area (Å²) in [4.78, 5) is 27.8. The van der Waals surface area contributed by atoms with Gasteiger partial charge < -0.3 is 4.98 Å². The Morgan fingerprint density at radius 3 is 3.04 bits per heavy atom. The summed E-state index contributed by atoms with van der Waals surface area (Å²) in [5.41, 5.74) is 3.99. The molecule has 0 atom stereocenters. The molecule has 1 aliphatic heterocycles. The van der Waals surface area contributed by atoms with Crippen LogP contribution in [-0.2, 0) is 19.5 Å². The molecular weight excluding hydrogens is 320 g/mol. The highest BCUT2D eigenvalue weighted by Gasteiger charge is 2.22. The number of thiophene rings is 1. The summed E-state index contributed by atoms with van der Waals surface area (Å²) >= 11 is 1.58. The standard InChI is InChI=1S/C18H18N4OS/c1-12-4-2-7-19-14(12)10-22-8-6-13-15(11-22)20-17(21-18(13)23)16-5-3-9-24-16/h2-5,7,9H,6,8,10-11H2,1H3,(H,20,21,23). The van der Waals surface area contributed by atoms with Crippen molar-refractivity contribution >= 4 is 11.3 Å². The number of pyridine rings is 1. The quantitative estimate of drug-likeness (QED) is 0.798. The second kappa shape index (κ2) is 6.30. The Morgan fingerprint density at radius 1 is 1.33 bits per heavy atom. The van der Waals surface area contributed by atoms with E-state index in [4.69, 9.17) is 4.98 Å². The van der Waals surface area contributed by atoms with Crippen LogP contribution in [0.15, 0.2) is 40.6 Å². The van der Waals surface area contributed by atoms with Gasteiger partial charge in [-0.2, -0.15) is 0 Å². The molecule has 0 spiro atoms. The van der Waals surface area contributed by atoms with E-state index in [9.17, 15) is 4.79 Å². The third kappa shape index (κ3) is 2.90. The molecule has 0 bridgehead atoms. The van der Waals surface area contributed by atoms with Gasteiger partial charge in [0.25, 0.3) is 5.56 Å². The molecule has 4 heterocycles. The predicted molar refractivity (Wildman–Crippen MR) is 95.0 cm³/mol. The van der Waals surface area contributed by atoms with E-state index < -0.39 is 0 Å². The number of hydrogen-bond acceptors (Lipinski definition) is 5. The molecule has 3 aromatic heterocycles. The maximum atomic E-state index is 12.4. The minimum absolute atomic E-state index is 0.00272. The van der Waals surface area contributed by atoms with Crippen LogP contribution in [0.4, 0.5) is 0 Å². The van der Waals surface area contributed by atoms with E-state index >= 15 is 0 Å². The number of nitrogens with one attached hydrogen (secondary N) is 1. The van der Waals surface area contributed by atoms with E-state index in [1.165, 1.54) is 5.56 Å². The van der Waals surface area contributed by atoms with E-state index in [1.807, 2.05) is 29.8 Å². The molecule has 3 aromatic rings. The Labute approximate surface area is 144 Å². The number of fused-ring (bicyclic) bond motifs is 1. The van der Waals surface area contributed by atoms with Crippen molar-refractivity contribution in [1.29, 1.82) is 0 Å². The van der Waals surface area contributed by atoms with Crippen LogP contribution in [0, 0.1) is 6.92 Å². The van der Waals surface area contributed by atoms with Gasteiger partial charge in [0.1, 0.15) is 0 Å². The zero-order valence-corrected chi connectivity index (χ0v) is 14.3. The second-order valence-corrected chi connectivity index (χ2v) is 6.99. The zero-order valence-electron chi connectivity index (χ0n) is 13.5.